The Labute approximate surface area is 124 Å². The first-order chi connectivity index (χ1) is 9.86. The van der Waals surface area contributed by atoms with E-state index in [4.69, 9.17) is 9.47 Å². The van der Waals surface area contributed by atoms with Crippen molar-refractivity contribution in [2.45, 2.75) is 30.7 Å². The van der Waals surface area contributed by atoms with E-state index in [1.165, 1.54) is 29.7 Å². The van der Waals surface area contributed by atoms with Gasteiger partial charge in [0.15, 0.2) is 11.5 Å². The molecule has 2 aliphatic heterocycles. The molecule has 20 heavy (non-hydrogen) atoms. The Morgan fingerprint density at radius 2 is 1.80 bits per heavy atom. The van der Waals surface area contributed by atoms with Gasteiger partial charge in [0.1, 0.15) is 13.2 Å². The van der Waals surface area contributed by atoms with Gasteiger partial charge in [0.05, 0.1) is 0 Å². The fraction of sp³-hybridized carbons (Fsp3) is 0.600. The van der Waals surface area contributed by atoms with Crippen LogP contribution in [0.1, 0.15) is 24.8 Å². The van der Waals surface area contributed by atoms with Crippen LogP contribution in [-0.2, 0) is 6.54 Å². The van der Waals surface area contributed by atoms with Crippen molar-refractivity contribution in [3.05, 3.63) is 17.7 Å². The van der Waals surface area contributed by atoms with Gasteiger partial charge in [-0.25, -0.2) is 5.01 Å². The lowest BCUT2D eigenvalue weighted by Gasteiger charge is -2.28. The highest BCUT2D eigenvalue weighted by molar-refractivity contribution is 7.98. The predicted octanol–water partition coefficient (Wildman–Crippen LogP) is 2.67. The summed E-state index contributed by atoms with van der Waals surface area (Å²) < 4.78 is 11.3. The van der Waals surface area contributed by atoms with Crippen molar-refractivity contribution in [1.29, 1.82) is 0 Å². The van der Waals surface area contributed by atoms with Gasteiger partial charge in [0.2, 0.25) is 0 Å². The Bertz CT molecular complexity index is 461. The highest BCUT2D eigenvalue weighted by atomic mass is 32.2. The first-order valence-corrected chi connectivity index (χ1v) is 8.54. The van der Waals surface area contributed by atoms with E-state index >= 15 is 0 Å². The first kappa shape index (κ1) is 14.0. The summed E-state index contributed by atoms with van der Waals surface area (Å²) in [7, 11) is 0. The molecule has 2 heterocycles. The zero-order valence-electron chi connectivity index (χ0n) is 12.0. The van der Waals surface area contributed by atoms with Gasteiger partial charge in [0, 0.05) is 24.5 Å². The molecule has 0 spiro atoms. The van der Waals surface area contributed by atoms with E-state index in [2.05, 4.69) is 28.8 Å². The van der Waals surface area contributed by atoms with E-state index in [0.717, 1.165) is 31.1 Å². The molecule has 1 saturated heterocycles. The largest absolute Gasteiger partial charge is 0.486 e. The summed E-state index contributed by atoms with van der Waals surface area (Å²) in [6.45, 7) is 4.45. The van der Waals surface area contributed by atoms with Crippen molar-refractivity contribution in [2.24, 2.45) is 0 Å². The maximum absolute atomic E-state index is 5.68. The highest BCUT2D eigenvalue weighted by Crippen LogP contribution is 2.36. The number of hydrogen-bond acceptors (Lipinski definition) is 5. The lowest BCUT2D eigenvalue weighted by molar-refractivity contribution is 0.149. The van der Waals surface area contributed by atoms with E-state index in [1.807, 2.05) is 0 Å². The van der Waals surface area contributed by atoms with Gasteiger partial charge in [-0.1, -0.05) is 6.42 Å². The molecule has 0 aromatic heterocycles. The topological polar surface area (TPSA) is 33.7 Å². The summed E-state index contributed by atoms with van der Waals surface area (Å²) in [6, 6.07) is 4.23. The number of thioether (sulfide) groups is 1. The van der Waals surface area contributed by atoms with E-state index in [1.54, 1.807) is 11.8 Å². The van der Waals surface area contributed by atoms with E-state index in [0.29, 0.717) is 13.2 Å². The Hall–Kier alpha value is -0.910. The van der Waals surface area contributed by atoms with Gasteiger partial charge in [-0.3, -0.25) is 5.43 Å². The molecule has 0 saturated carbocycles. The van der Waals surface area contributed by atoms with Crippen molar-refractivity contribution in [2.75, 3.05) is 32.6 Å². The van der Waals surface area contributed by atoms with Crippen molar-refractivity contribution < 1.29 is 9.47 Å². The van der Waals surface area contributed by atoms with Crippen LogP contribution < -0.4 is 14.9 Å². The van der Waals surface area contributed by atoms with E-state index < -0.39 is 0 Å². The predicted molar refractivity (Wildman–Crippen MR) is 81.5 cm³/mol. The number of nitrogens with one attached hydrogen (secondary N) is 1. The number of hydrogen-bond donors (Lipinski definition) is 1. The minimum absolute atomic E-state index is 0.643. The lowest BCUT2D eigenvalue weighted by Crippen LogP contribution is -2.41. The number of hydrazine groups is 1. The maximum atomic E-state index is 5.68. The van der Waals surface area contributed by atoms with Crippen LogP contribution in [0.5, 0.6) is 11.5 Å². The molecule has 0 atom stereocenters. The van der Waals surface area contributed by atoms with Crippen molar-refractivity contribution in [3.8, 4) is 11.5 Å². The molecule has 0 bridgehead atoms. The monoisotopic (exact) mass is 294 g/mol. The van der Waals surface area contributed by atoms with Gasteiger partial charge in [-0.15, -0.1) is 11.8 Å². The summed E-state index contributed by atoms with van der Waals surface area (Å²) in [5.41, 5.74) is 4.83. The molecule has 1 fully saturated rings. The van der Waals surface area contributed by atoms with Gasteiger partial charge < -0.3 is 9.47 Å². The number of rotatable bonds is 4. The summed E-state index contributed by atoms with van der Waals surface area (Å²) in [5, 5.41) is 2.34. The summed E-state index contributed by atoms with van der Waals surface area (Å²) >= 11 is 1.76. The van der Waals surface area contributed by atoms with Crippen LogP contribution in [0, 0.1) is 0 Å². The van der Waals surface area contributed by atoms with Crippen LogP contribution in [0.3, 0.4) is 0 Å². The number of ether oxygens (including phenoxy) is 2. The maximum Gasteiger partial charge on any atom is 0.162 e. The number of piperidine rings is 1. The first-order valence-electron chi connectivity index (χ1n) is 7.32. The van der Waals surface area contributed by atoms with Crippen LogP contribution in [0.4, 0.5) is 0 Å². The molecule has 110 valence electrons. The minimum atomic E-state index is 0.643. The molecular formula is C15H22N2O2S. The van der Waals surface area contributed by atoms with Crippen molar-refractivity contribution in [1.82, 2.24) is 10.4 Å². The SMILES string of the molecule is CSc1cc2c(cc1CNN1CCCCC1)OCCO2. The van der Waals surface area contributed by atoms with Crippen LogP contribution in [-0.4, -0.2) is 37.6 Å². The third-order valence-corrected chi connectivity index (χ3v) is 4.61. The molecule has 1 aromatic rings. The van der Waals surface area contributed by atoms with Crippen LogP contribution in [0.2, 0.25) is 0 Å². The third-order valence-electron chi connectivity index (χ3n) is 3.79. The summed E-state index contributed by atoms with van der Waals surface area (Å²) in [5.74, 6) is 1.76. The second kappa shape index (κ2) is 6.70. The van der Waals surface area contributed by atoms with E-state index in [-0.39, 0.29) is 0 Å². The zero-order valence-corrected chi connectivity index (χ0v) is 12.8. The fourth-order valence-electron chi connectivity index (χ4n) is 2.69. The second-order valence-corrected chi connectivity index (χ2v) is 6.04. The highest BCUT2D eigenvalue weighted by Gasteiger charge is 2.16. The van der Waals surface area contributed by atoms with Gasteiger partial charge in [-0.05, 0) is 36.8 Å². The third kappa shape index (κ3) is 3.22. The van der Waals surface area contributed by atoms with Crippen LogP contribution >= 0.6 is 11.8 Å². The molecule has 1 aromatic carbocycles. The molecule has 5 heteroatoms. The van der Waals surface area contributed by atoms with Crippen LogP contribution in [0.15, 0.2) is 17.0 Å². The molecule has 1 N–H and O–H groups in total. The number of fused-ring (bicyclic) bond motifs is 1. The summed E-state index contributed by atoms with van der Waals surface area (Å²) in [4.78, 5) is 1.26. The van der Waals surface area contributed by atoms with Gasteiger partial charge in [0.25, 0.3) is 0 Å². The molecule has 0 radical (unpaired) electrons. The second-order valence-electron chi connectivity index (χ2n) is 5.19. The van der Waals surface area contributed by atoms with Gasteiger partial charge in [-0.2, -0.15) is 0 Å². The molecule has 0 amide bonds. The molecular weight excluding hydrogens is 272 g/mol. The molecule has 3 rings (SSSR count). The summed E-state index contributed by atoms with van der Waals surface area (Å²) in [6.07, 6.45) is 6.06. The van der Waals surface area contributed by atoms with Crippen molar-refractivity contribution in [3.63, 3.8) is 0 Å². The normalized spacial score (nSPS) is 19.1. The molecule has 0 unspecified atom stereocenters. The Morgan fingerprint density at radius 1 is 1.10 bits per heavy atom. The average molecular weight is 294 g/mol. The molecule has 4 nitrogen and oxygen atoms in total. The smallest absolute Gasteiger partial charge is 0.162 e. The van der Waals surface area contributed by atoms with Crippen LogP contribution in [0.25, 0.3) is 0 Å². The quantitative estimate of drug-likeness (QED) is 0.864. The average Bonchev–Trinajstić information content (AvgIpc) is 2.53. The molecule has 0 aliphatic carbocycles. The van der Waals surface area contributed by atoms with Gasteiger partial charge >= 0.3 is 0 Å². The van der Waals surface area contributed by atoms with E-state index in [9.17, 15) is 0 Å². The number of benzene rings is 1. The zero-order chi connectivity index (χ0) is 13.8. The fourth-order valence-corrected chi connectivity index (χ4v) is 3.31. The van der Waals surface area contributed by atoms with Crippen molar-refractivity contribution >= 4 is 11.8 Å². The standard InChI is InChI=1S/C15H22N2O2S/c1-20-15-10-14-13(18-7-8-19-14)9-12(15)11-16-17-5-3-2-4-6-17/h9-10,16H,2-8,11H2,1H3. The minimum Gasteiger partial charge on any atom is -0.486 e. The lowest BCUT2D eigenvalue weighted by atomic mass is 10.1. The Morgan fingerprint density at radius 3 is 2.50 bits per heavy atom. The Balaban J connectivity index is 1.70. The molecule has 2 aliphatic rings. The number of nitrogens with zero attached hydrogens (tertiary/aromatic N) is 1. The Kier molecular flexibility index (Phi) is 4.70.